The monoisotopic (exact) mass is 418 g/mol. The summed E-state index contributed by atoms with van der Waals surface area (Å²) in [7, 11) is 0. The molecule has 1 aliphatic rings. The van der Waals surface area contributed by atoms with Crippen molar-refractivity contribution in [3.8, 4) is 11.5 Å². The number of fused-ring (bicyclic) bond motifs is 2. The number of nitrogens with zero attached hydrogens (tertiary/aromatic N) is 2. The van der Waals surface area contributed by atoms with Gasteiger partial charge in [-0.25, -0.2) is 9.98 Å². The number of rotatable bonds is 2. The highest BCUT2D eigenvalue weighted by molar-refractivity contribution is 6.54. The third-order valence-corrected chi connectivity index (χ3v) is 5.11. The zero-order chi connectivity index (χ0) is 21.6. The molecular weight excluding hydrogens is 396 g/mol. The van der Waals surface area contributed by atoms with E-state index in [2.05, 4.69) is 24.3 Å². The van der Waals surface area contributed by atoms with E-state index >= 15 is 0 Å². The summed E-state index contributed by atoms with van der Waals surface area (Å²) in [5.74, 6) is 1.43. The molecule has 0 atom stereocenters. The fourth-order valence-electron chi connectivity index (χ4n) is 3.59. The van der Waals surface area contributed by atoms with E-state index in [1.807, 2.05) is 84.9 Å². The quantitative estimate of drug-likeness (QED) is 0.378. The smallest absolute Gasteiger partial charge is 0.145 e. The van der Waals surface area contributed by atoms with Gasteiger partial charge in [-0.05, 0) is 24.3 Å². The second-order valence-electron chi connectivity index (χ2n) is 7.29. The fourth-order valence-corrected chi connectivity index (χ4v) is 3.59. The van der Waals surface area contributed by atoms with Crippen LogP contribution in [-0.2, 0) is 0 Å². The summed E-state index contributed by atoms with van der Waals surface area (Å²) in [6.07, 6.45) is 0. The molecule has 1 aliphatic heterocycles. The molecule has 0 saturated carbocycles. The summed E-state index contributed by atoms with van der Waals surface area (Å²) in [6, 6.07) is 35.8. The van der Waals surface area contributed by atoms with Crippen molar-refractivity contribution in [1.29, 1.82) is 0 Å². The Balaban J connectivity index is 1.81. The highest BCUT2D eigenvalue weighted by atomic mass is 16.5. The standard InChI is InChI=1S/C28H22N2O2/c1-3-11-21(12-4-1)27-28(22-13-5-2-6-14-22)30-24-16-8-10-18-26(24)32-20-19-31-25-17-9-7-15-23(25)29-27/h1-18H,19-20H2. The zero-order valence-electron chi connectivity index (χ0n) is 17.5. The van der Waals surface area contributed by atoms with Crippen LogP contribution in [0.3, 0.4) is 0 Å². The Labute approximate surface area is 187 Å². The lowest BCUT2D eigenvalue weighted by atomic mass is 9.99. The van der Waals surface area contributed by atoms with E-state index in [0.717, 1.165) is 33.9 Å². The minimum absolute atomic E-state index is 0.413. The topological polar surface area (TPSA) is 43.2 Å². The molecule has 0 bridgehead atoms. The third kappa shape index (κ3) is 4.30. The molecule has 32 heavy (non-hydrogen) atoms. The van der Waals surface area contributed by atoms with Gasteiger partial charge in [0.15, 0.2) is 0 Å². The van der Waals surface area contributed by atoms with Crippen LogP contribution in [0.25, 0.3) is 0 Å². The Morgan fingerprint density at radius 3 is 1.25 bits per heavy atom. The molecule has 4 nitrogen and oxygen atoms in total. The number of aliphatic imine (C=N–C) groups is 2. The van der Waals surface area contributed by atoms with E-state index in [1.54, 1.807) is 0 Å². The van der Waals surface area contributed by atoms with E-state index in [1.165, 1.54) is 0 Å². The van der Waals surface area contributed by atoms with Crippen LogP contribution in [0.4, 0.5) is 11.4 Å². The molecule has 0 aromatic heterocycles. The normalized spacial score (nSPS) is 13.6. The largest absolute Gasteiger partial charge is 0.488 e. The SMILES string of the molecule is c1ccc(C2=Nc3ccccc3OCCOc3ccccc3N=C2c2ccccc2)cc1. The first-order valence-electron chi connectivity index (χ1n) is 10.6. The van der Waals surface area contributed by atoms with Crippen molar-refractivity contribution in [1.82, 2.24) is 0 Å². The number of hydrogen-bond acceptors (Lipinski definition) is 4. The first-order chi connectivity index (χ1) is 15.9. The Morgan fingerprint density at radius 1 is 0.438 bits per heavy atom. The molecule has 156 valence electrons. The number of para-hydroxylation sites is 4. The highest BCUT2D eigenvalue weighted by Crippen LogP contribution is 2.32. The van der Waals surface area contributed by atoms with Crippen LogP contribution in [0.5, 0.6) is 11.5 Å². The molecule has 4 aromatic carbocycles. The molecule has 5 rings (SSSR count). The van der Waals surface area contributed by atoms with Gasteiger partial charge in [-0.15, -0.1) is 0 Å². The molecule has 4 heteroatoms. The molecule has 0 saturated heterocycles. The van der Waals surface area contributed by atoms with Crippen molar-refractivity contribution in [2.24, 2.45) is 9.98 Å². The second-order valence-corrected chi connectivity index (χ2v) is 7.29. The van der Waals surface area contributed by atoms with Gasteiger partial charge in [-0.3, -0.25) is 0 Å². The van der Waals surface area contributed by atoms with Gasteiger partial charge >= 0.3 is 0 Å². The zero-order valence-corrected chi connectivity index (χ0v) is 17.5. The molecule has 0 spiro atoms. The average Bonchev–Trinajstić information content (AvgIpc) is 2.86. The molecule has 0 fully saturated rings. The molecule has 0 N–H and O–H groups in total. The minimum Gasteiger partial charge on any atom is -0.488 e. The van der Waals surface area contributed by atoms with Gasteiger partial charge in [0.05, 0.1) is 11.4 Å². The Morgan fingerprint density at radius 2 is 0.812 bits per heavy atom. The van der Waals surface area contributed by atoms with E-state index in [0.29, 0.717) is 24.7 Å². The molecule has 0 unspecified atom stereocenters. The van der Waals surface area contributed by atoms with Crippen LogP contribution >= 0.6 is 0 Å². The fraction of sp³-hybridized carbons (Fsp3) is 0.0714. The first kappa shape index (κ1) is 19.8. The third-order valence-electron chi connectivity index (χ3n) is 5.11. The van der Waals surface area contributed by atoms with Gasteiger partial charge in [-0.2, -0.15) is 0 Å². The van der Waals surface area contributed by atoms with Crippen LogP contribution < -0.4 is 9.47 Å². The summed E-state index contributed by atoms with van der Waals surface area (Å²) < 4.78 is 12.1. The van der Waals surface area contributed by atoms with Gasteiger partial charge in [0.2, 0.25) is 0 Å². The van der Waals surface area contributed by atoms with Gasteiger partial charge in [-0.1, -0.05) is 84.9 Å². The van der Waals surface area contributed by atoms with Crippen molar-refractivity contribution in [3.05, 3.63) is 120 Å². The predicted octanol–water partition coefficient (Wildman–Crippen LogP) is 6.40. The summed E-state index contributed by atoms with van der Waals surface area (Å²) >= 11 is 0. The number of hydrogen-bond donors (Lipinski definition) is 0. The molecule has 0 aliphatic carbocycles. The maximum atomic E-state index is 6.03. The molecule has 1 heterocycles. The Hall–Kier alpha value is -4.18. The van der Waals surface area contributed by atoms with E-state index < -0.39 is 0 Å². The summed E-state index contributed by atoms with van der Waals surface area (Å²) in [6.45, 7) is 0.827. The lowest BCUT2D eigenvalue weighted by molar-refractivity contribution is 0.218. The Bertz CT molecular complexity index is 1160. The lowest BCUT2D eigenvalue weighted by Gasteiger charge is -2.16. The van der Waals surface area contributed by atoms with Gasteiger partial charge < -0.3 is 9.47 Å². The van der Waals surface area contributed by atoms with Crippen LogP contribution in [0, 0.1) is 0 Å². The predicted molar refractivity (Wildman–Crippen MR) is 129 cm³/mol. The van der Waals surface area contributed by atoms with Crippen LogP contribution in [0.15, 0.2) is 119 Å². The van der Waals surface area contributed by atoms with Crippen LogP contribution in [0.1, 0.15) is 11.1 Å². The van der Waals surface area contributed by atoms with E-state index in [-0.39, 0.29) is 0 Å². The average molecular weight is 418 g/mol. The van der Waals surface area contributed by atoms with Gasteiger partial charge in [0.1, 0.15) is 36.1 Å². The van der Waals surface area contributed by atoms with Crippen molar-refractivity contribution in [2.45, 2.75) is 0 Å². The van der Waals surface area contributed by atoms with Gasteiger partial charge in [0.25, 0.3) is 0 Å². The molecular formula is C28H22N2O2. The Kier molecular flexibility index (Phi) is 5.75. The van der Waals surface area contributed by atoms with Crippen molar-refractivity contribution >= 4 is 22.8 Å². The second kappa shape index (κ2) is 9.31. The highest BCUT2D eigenvalue weighted by Gasteiger charge is 2.18. The summed E-state index contributed by atoms with van der Waals surface area (Å²) in [5.41, 5.74) is 4.99. The molecule has 0 radical (unpaired) electrons. The maximum absolute atomic E-state index is 6.03. The van der Waals surface area contributed by atoms with Crippen LogP contribution in [-0.4, -0.2) is 24.6 Å². The first-order valence-corrected chi connectivity index (χ1v) is 10.6. The summed E-state index contributed by atoms with van der Waals surface area (Å²) in [4.78, 5) is 10.2. The van der Waals surface area contributed by atoms with Crippen molar-refractivity contribution in [3.63, 3.8) is 0 Å². The number of benzene rings is 4. The summed E-state index contributed by atoms with van der Waals surface area (Å²) in [5, 5.41) is 0. The lowest BCUT2D eigenvalue weighted by Crippen LogP contribution is -2.18. The number of ether oxygens (including phenoxy) is 2. The van der Waals surface area contributed by atoms with E-state index in [9.17, 15) is 0 Å². The molecule has 4 aromatic rings. The van der Waals surface area contributed by atoms with Crippen molar-refractivity contribution in [2.75, 3.05) is 13.2 Å². The minimum atomic E-state index is 0.413. The van der Waals surface area contributed by atoms with Gasteiger partial charge in [0, 0.05) is 11.1 Å². The maximum Gasteiger partial charge on any atom is 0.145 e. The van der Waals surface area contributed by atoms with Crippen LogP contribution in [0.2, 0.25) is 0 Å². The van der Waals surface area contributed by atoms with E-state index in [4.69, 9.17) is 19.5 Å². The molecule has 0 amide bonds. The van der Waals surface area contributed by atoms with Crippen molar-refractivity contribution < 1.29 is 9.47 Å².